The van der Waals surface area contributed by atoms with Crippen molar-refractivity contribution in [2.45, 2.75) is 34.6 Å². The molecule has 2 heterocycles. The highest BCUT2D eigenvalue weighted by Crippen LogP contribution is 2.22. The Kier molecular flexibility index (Phi) is 5.84. The maximum Gasteiger partial charge on any atom is 0.345 e. The van der Waals surface area contributed by atoms with E-state index in [1.54, 1.807) is 12.4 Å². The van der Waals surface area contributed by atoms with E-state index in [1.165, 1.54) is 0 Å². The number of nitrogens with one attached hydrogen (secondary N) is 1. The Hall–Kier alpha value is -2.23. The van der Waals surface area contributed by atoms with Crippen LogP contribution >= 0.6 is 0 Å². The number of aromatic amines is 1. The molecule has 20 heavy (non-hydrogen) atoms. The van der Waals surface area contributed by atoms with Gasteiger partial charge >= 0.3 is 5.69 Å². The average molecular weight is 271 g/mol. The van der Waals surface area contributed by atoms with E-state index in [4.69, 9.17) is 0 Å². The van der Waals surface area contributed by atoms with Crippen molar-refractivity contribution in [3.05, 3.63) is 46.8 Å². The monoisotopic (exact) mass is 271 g/mol. The van der Waals surface area contributed by atoms with Crippen molar-refractivity contribution in [1.29, 1.82) is 0 Å². The number of nitrogens with zero attached hydrogens (tertiary/aromatic N) is 2. The number of pyridine rings is 1. The molecule has 0 saturated carbocycles. The topological polar surface area (TPSA) is 58.6 Å². The second-order valence-corrected chi connectivity index (χ2v) is 3.73. The molecule has 0 aliphatic rings. The molecule has 4 nitrogen and oxygen atoms in total. The maximum absolute atomic E-state index is 11.4. The summed E-state index contributed by atoms with van der Waals surface area (Å²) in [5, 5.41) is 2.91. The van der Waals surface area contributed by atoms with Gasteiger partial charge in [-0.25, -0.2) is 4.79 Å². The fourth-order valence-corrected chi connectivity index (χ4v) is 1.93. The van der Waals surface area contributed by atoms with Gasteiger partial charge < -0.3 is 4.98 Å². The standard InChI is InChI=1S/C12H9N3O.2C2H6/c1-7-9-3-2-8-4-5-13-6-10(8)11(9)15-12(16)14-7;2*1-2/h2-6H,1H3,(H,14,15,16);2*1-2H3. The number of fused-ring (bicyclic) bond motifs is 3. The Balaban J connectivity index is 0.000000461. The third-order valence-electron chi connectivity index (χ3n) is 2.71. The van der Waals surface area contributed by atoms with Crippen molar-refractivity contribution in [2.24, 2.45) is 0 Å². The molecule has 0 radical (unpaired) electrons. The van der Waals surface area contributed by atoms with Crippen LogP contribution in [0.2, 0.25) is 0 Å². The number of hydrogen-bond donors (Lipinski definition) is 1. The fourth-order valence-electron chi connectivity index (χ4n) is 1.93. The Labute approximate surface area is 118 Å². The largest absolute Gasteiger partial charge is 0.345 e. The highest BCUT2D eigenvalue weighted by atomic mass is 16.1. The number of rotatable bonds is 0. The molecule has 0 bridgehead atoms. The summed E-state index contributed by atoms with van der Waals surface area (Å²) in [5.74, 6) is 0. The molecule has 1 aromatic carbocycles. The fraction of sp³-hybridized carbons (Fsp3) is 0.312. The summed E-state index contributed by atoms with van der Waals surface area (Å²) in [6, 6.07) is 5.88. The Morgan fingerprint density at radius 2 is 1.70 bits per heavy atom. The summed E-state index contributed by atoms with van der Waals surface area (Å²) < 4.78 is 0. The van der Waals surface area contributed by atoms with E-state index in [2.05, 4.69) is 15.0 Å². The van der Waals surface area contributed by atoms with Crippen LogP contribution in [0, 0.1) is 6.92 Å². The van der Waals surface area contributed by atoms with E-state index < -0.39 is 0 Å². The quantitative estimate of drug-likeness (QED) is 0.632. The molecular weight excluding hydrogens is 250 g/mol. The molecule has 0 aliphatic heterocycles. The molecule has 0 unspecified atom stereocenters. The first kappa shape index (κ1) is 15.8. The van der Waals surface area contributed by atoms with Gasteiger partial charge in [0.2, 0.25) is 0 Å². The first-order chi connectivity index (χ1) is 9.75. The van der Waals surface area contributed by atoms with Crippen molar-refractivity contribution >= 4 is 21.7 Å². The van der Waals surface area contributed by atoms with Crippen LogP contribution in [-0.2, 0) is 0 Å². The Morgan fingerprint density at radius 3 is 2.40 bits per heavy atom. The van der Waals surface area contributed by atoms with Crippen LogP contribution in [0.3, 0.4) is 0 Å². The Morgan fingerprint density at radius 1 is 1.00 bits per heavy atom. The molecule has 0 spiro atoms. The third kappa shape index (κ3) is 3.02. The van der Waals surface area contributed by atoms with E-state index >= 15 is 0 Å². The Bertz CT molecular complexity index is 747. The zero-order chi connectivity index (χ0) is 15.1. The third-order valence-corrected chi connectivity index (χ3v) is 2.71. The normalized spacial score (nSPS) is 9.45. The highest BCUT2D eigenvalue weighted by Gasteiger charge is 2.05. The predicted molar refractivity (Wildman–Crippen MR) is 85.1 cm³/mol. The summed E-state index contributed by atoms with van der Waals surface area (Å²) >= 11 is 0. The number of H-pyrrole nitrogens is 1. The minimum absolute atomic E-state index is 0.318. The van der Waals surface area contributed by atoms with Crippen molar-refractivity contribution in [3.8, 4) is 0 Å². The van der Waals surface area contributed by atoms with Crippen LogP contribution in [0.15, 0.2) is 35.4 Å². The SMILES string of the molecule is CC.CC.Cc1[nH]c(=O)nc2c1ccc1ccncc12. The van der Waals surface area contributed by atoms with Gasteiger partial charge in [-0.05, 0) is 18.4 Å². The smallest absolute Gasteiger partial charge is 0.309 e. The number of aromatic nitrogens is 3. The zero-order valence-electron chi connectivity index (χ0n) is 12.7. The van der Waals surface area contributed by atoms with Crippen molar-refractivity contribution in [2.75, 3.05) is 0 Å². The lowest BCUT2D eigenvalue weighted by Gasteiger charge is -2.03. The van der Waals surface area contributed by atoms with Crippen molar-refractivity contribution < 1.29 is 0 Å². The first-order valence-electron chi connectivity index (χ1n) is 6.99. The van der Waals surface area contributed by atoms with Crippen LogP contribution in [0.4, 0.5) is 0 Å². The molecule has 0 atom stereocenters. The molecule has 2 aromatic heterocycles. The molecular formula is C16H21N3O. The van der Waals surface area contributed by atoms with Gasteiger partial charge in [-0.1, -0.05) is 39.8 Å². The summed E-state index contributed by atoms with van der Waals surface area (Å²) in [6.07, 6.45) is 3.47. The summed E-state index contributed by atoms with van der Waals surface area (Å²) in [4.78, 5) is 22.1. The molecule has 3 rings (SSSR count). The average Bonchev–Trinajstić information content (AvgIpc) is 2.51. The lowest BCUT2D eigenvalue weighted by molar-refractivity contribution is 1.07. The van der Waals surface area contributed by atoms with Crippen LogP contribution in [0.25, 0.3) is 21.7 Å². The van der Waals surface area contributed by atoms with E-state index in [1.807, 2.05) is 52.8 Å². The van der Waals surface area contributed by atoms with Gasteiger partial charge in [0.15, 0.2) is 0 Å². The lowest BCUT2D eigenvalue weighted by Crippen LogP contribution is -2.11. The van der Waals surface area contributed by atoms with Gasteiger partial charge in [0.05, 0.1) is 5.52 Å². The van der Waals surface area contributed by atoms with E-state index in [-0.39, 0.29) is 5.69 Å². The summed E-state index contributed by atoms with van der Waals surface area (Å²) in [7, 11) is 0. The lowest BCUT2D eigenvalue weighted by atomic mass is 10.1. The maximum atomic E-state index is 11.4. The number of aryl methyl sites for hydroxylation is 1. The minimum atomic E-state index is -0.318. The molecule has 3 aromatic rings. The molecule has 0 saturated heterocycles. The predicted octanol–water partition coefficient (Wildman–Crippen LogP) is 3.83. The minimum Gasteiger partial charge on any atom is -0.309 e. The van der Waals surface area contributed by atoms with Crippen LogP contribution in [0.5, 0.6) is 0 Å². The molecule has 106 valence electrons. The van der Waals surface area contributed by atoms with Gasteiger partial charge in [0.1, 0.15) is 0 Å². The first-order valence-corrected chi connectivity index (χ1v) is 6.99. The summed E-state index contributed by atoms with van der Waals surface area (Å²) in [6.45, 7) is 9.87. The second-order valence-electron chi connectivity index (χ2n) is 3.73. The zero-order valence-corrected chi connectivity index (χ0v) is 12.7. The molecule has 4 heteroatoms. The van der Waals surface area contributed by atoms with Crippen LogP contribution in [-0.4, -0.2) is 15.0 Å². The molecule has 0 fully saturated rings. The van der Waals surface area contributed by atoms with E-state index in [0.29, 0.717) is 5.52 Å². The van der Waals surface area contributed by atoms with Gasteiger partial charge in [-0.15, -0.1) is 0 Å². The number of hydrogen-bond acceptors (Lipinski definition) is 3. The molecule has 1 N–H and O–H groups in total. The molecule has 0 amide bonds. The van der Waals surface area contributed by atoms with Crippen LogP contribution in [0.1, 0.15) is 33.4 Å². The van der Waals surface area contributed by atoms with Gasteiger partial charge in [0.25, 0.3) is 0 Å². The summed E-state index contributed by atoms with van der Waals surface area (Å²) in [5.41, 5.74) is 1.23. The van der Waals surface area contributed by atoms with Gasteiger partial charge in [-0.2, -0.15) is 4.98 Å². The molecule has 0 aliphatic carbocycles. The van der Waals surface area contributed by atoms with Crippen LogP contribution < -0.4 is 5.69 Å². The van der Waals surface area contributed by atoms with Gasteiger partial charge in [0, 0.05) is 28.9 Å². The van der Waals surface area contributed by atoms with E-state index in [0.717, 1.165) is 21.9 Å². The van der Waals surface area contributed by atoms with E-state index in [9.17, 15) is 4.79 Å². The number of benzene rings is 1. The van der Waals surface area contributed by atoms with Crippen molar-refractivity contribution in [3.63, 3.8) is 0 Å². The van der Waals surface area contributed by atoms with Crippen molar-refractivity contribution in [1.82, 2.24) is 15.0 Å². The highest BCUT2D eigenvalue weighted by molar-refractivity contribution is 6.05. The van der Waals surface area contributed by atoms with Gasteiger partial charge in [-0.3, -0.25) is 4.98 Å². The second kappa shape index (κ2) is 7.38.